The monoisotopic (exact) mass is 297 g/mol. The van der Waals surface area contributed by atoms with Crippen LogP contribution in [0.1, 0.15) is 33.6 Å². The van der Waals surface area contributed by atoms with Crippen molar-refractivity contribution in [2.45, 2.75) is 45.6 Å². The molecule has 0 bridgehead atoms. The van der Waals surface area contributed by atoms with Crippen molar-refractivity contribution in [1.29, 1.82) is 0 Å². The van der Waals surface area contributed by atoms with Crippen LogP contribution >= 0.6 is 0 Å². The summed E-state index contributed by atoms with van der Waals surface area (Å²) >= 11 is 0. The molecular weight excluding hydrogens is 276 g/mol. The number of rotatable bonds is 5. The number of hydrogen-bond acceptors (Lipinski definition) is 2. The lowest BCUT2D eigenvalue weighted by atomic mass is 10.1. The zero-order valence-electron chi connectivity index (χ0n) is 12.7. The van der Waals surface area contributed by atoms with Crippen molar-refractivity contribution in [1.82, 2.24) is 4.90 Å². The summed E-state index contributed by atoms with van der Waals surface area (Å²) in [6, 6.07) is -0.435. The highest BCUT2D eigenvalue weighted by Gasteiger charge is 2.33. The van der Waals surface area contributed by atoms with Gasteiger partial charge in [0, 0.05) is 24.6 Å². The Labute approximate surface area is 124 Å². The average Bonchev–Trinajstić information content (AvgIpc) is 2.85. The molecule has 1 aliphatic heterocycles. The first-order chi connectivity index (χ1) is 9.68. The first kappa shape index (κ1) is 17.3. The van der Waals surface area contributed by atoms with Gasteiger partial charge in [-0.2, -0.15) is 0 Å². The van der Waals surface area contributed by atoms with Crippen LogP contribution in [0.5, 0.6) is 0 Å². The van der Waals surface area contributed by atoms with E-state index < -0.39 is 12.0 Å². The molecule has 0 radical (unpaired) electrons. The number of hydrogen-bond donors (Lipinski definition) is 0. The molecule has 21 heavy (non-hydrogen) atoms. The minimum atomic E-state index is -3.05. The summed E-state index contributed by atoms with van der Waals surface area (Å²) in [6.45, 7) is 7.58. The standard InChI is InChI=1S/C16H21F2NO2/c1-5-7-13(16(4,17)18)10-11(2)15(21)19-9-6-8-14(19)12(3)20/h5,7,10,14H,1,6,8-9H2,2-4H3/b11-10+,13-7+/t14-/m1/s1. The van der Waals surface area contributed by atoms with E-state index in [0.29, 0.717) is 13.0 Å². The second-order valence-electron chi connectivity index (χ2n) is 5.34. The third-order valence-corrected chi connectivity index (χ3v) is 3.50. The lowest BCUT2D eigenvalue weighted by Crippen LogP contribution is -2.40. The van der Waals surface area contributed by atoms with Crippen LogP contribution in [0.3, 0.4) is 0 Å². The zero-order chi connectivity index (χ0) is 16.2. The molecule has 0 saturated carbocycles. The second-order valence-corrected chi connectivity index (χ2v) is 5.34. The minimum absolute atomic E-state index is 0.0728. The Balaban J connectivity index is 3.01. The molecule has 0 N–H and O–H groups in total. The number of allylic oxidation sites excluding steroid dienone is 4. The lowest BCUT2D eigenvalue weighted by molar-refractivity contribution is -0.133. The molecule has 116 valence electrons. The van der Waals surface area contributed by atoms with Crippen LogP contribution < -0.4 is 0 Å². The summed E-state index contributed by atoms with van der Waals surface area (Å²) < 4.78 is 26.9. The van der Waals surface area contributed by atoms with Crippen molar-refractivity contribution in [3.8, 4) is 0 Å². The molecule has 5 heteroatoms. The van der Waals surface area contributed by atoms with E-state index in [2.05, 4.69) is 6.58 Å². The first-order valence-electron chi connectivity index (χ1n) is 6.89. The summed E-state index contributed by atoms with van der Waals surface area (Å²) in [5.41, 5.74) is -0.0836. The minimum Gasteiger partial charge on any atom is -0.329 e. The van der Waals surface area contributed by atoms with Gasteiger partial charge in [0.25, 0.3) is 5.92 Å². The molecule has 1 fully saturated rings. The van der Waals surface area contributed by atoms with E-state index in [0.717, 1.165) is 13.3 Å². The van der Waals surface area contributed by atoms with Gasteiger partial charge >= 0.3 is 0 Å². The predicted molar refractivity (Wildman–Crippen MR) is 78.1 cm³/mol. The number of carbonyl (C=O) groups is 2. The maximum absolute atomic E-state index is 13.4. The maximum atomic E-state index is 13.4. The summed E-state index contributed by atoms with van der Waals surface area (Å²) in [4.78, 5) is 25.3. The Hall–Kier alpha value is -1.78. The molecule has 1 aliphatic rings. The number of ketones is 1. The third kappa shape index (κ3) is 4.34. The Kier molecular flexibility index (Phi) is 5.58. The van der Waals surface area contributed by atoms with E-state index in [4.69, 9.17) is 0 Å². The van der Waals surface area contributed by atoms with Gasteiger partial charge < -0.3 is 4.90 Å². The van der Waals surface area contributed by atoms with Crippen LogP contribution in [-0.4, -0.2) is 35.1 Å². The van der Waals surface area contributed by atoms with Crippen molar-refractivity contribution in [2.24, 2.45) is 0 Å². The summed E-state index contributed by atoms with van der Waals surface area (Å²) in [7, 11) is 0. The van der Waals surface area contributed by atoms with E-state index in [1.54, 1.807) is 0 Å². The van der Waals surface area contributed by atoms with E-state index in [9.17, 15) is 18.4 Å². The molecule has 1 atom stereocenters. The first-order valence-corrected chi connectivity index (χ1v) is 6.89. The van der Waals surface area contributed by atoms with Crippen molar-refractivity contribution >= 4 is 11.7 Å². The number of likely N-dealkylation sites (tertiary alicyclic amines) is 1. The number of amides is 1. The average molecular weight is 297 g/mol. The van der Waals surface area contributed by atoms with Crippen LogP contribution in [0.2, 0.25) is 0 Å². The molecule has 1 amide bonds. The lowest BCUT2D eigenvalue weighted by Gasteiger charge is -2.23. The van der Waals surface area contributed by atoms with Crippen molar-refractivity contribution in [3.63, 3.8) is 0 Å². The fraction of sp³-hybridized carbons (Fsp3) is 0.500. The highest BCUT2D eigenvalue weighted by atomic mass is 19.3. The molecule has 1 saturated heterocycles. The molecule has 0 spiro atoms. The maximum Gasteiger partial charge on any atom is 0.270 e. The molecule has 0 unspecified atom stereocenters. The molecule has 1 heterocycles. The molecular formula is C16H21F2NO2. The Morgan fingerprint density at radius 1 is 1.33 bits per heavy atom. The molecule has 0 aromatic carbocycles. The smallest absolute Gasteiger partial charge is 0.270 e. The van der Waals surface area contributed by atoms with Gasteiger partial charge in [0.1, 0.15) is 0 Å². The highest BCUT2D eigenvalue weighted by molar-refractivity contribution is 5.97. The second kappa shape index (κ2) is 6.78. The van der Waals surface area contributed by atoms with Gasteiger partial charge in [-0.05, 0) is 32.8 Å². The van der Waals surface area contributed by atoms with Gasteiger partial charge in [0.2, 0.25) is 5.91 Å². The van der Waals surface area contributed by atoms with Crippen LogP contribution in [0.25, 0.3) is 0 Å². The molecule has 0 aromatic heterocycles. The van der Waals surface area contributed by atoms with Crippen LogP contribution in [-0.2, 0) is 9.59 Å². The Morgan fingerprint density at radius 2 is 1.95 bits per heavy atom. The van der Waals surface area contributed by atoms with Gasteiger partial charge in [0.05, 0.1) is 6.04 Å². The van der Waals surface area contributed by atoms with Gasteiger partial charge in [-0.3, -0.25) is 9.59 Å². The van der Waals surface area contributed by atoms with Gasteiger partial charge in [0.15, 0.2) is 5.78 Å². The van der Waals surface area contributed by atoms with Crippen molar-refractivity contribution in [3.05, 3.63) is 36.0 Å². The van der Waals surface area contributed by atoms with E-state index in [1.165, 1.54) is 37.0 Å². The number of alkyl halides is 2. The highest BCUT2D eigenvalue weighted by Crippen LogP contribution is 2.27. The quantitative estimate of drug-likeness (QED) is 0.577. The molecule has 0 aromatic rings. The summed E-state index contributed by atoms with van der Waals surface area (Å²) in [6.07, 6.45) is 4.99. The van der Waals surface area contributed by atoms with Gasteiger partial charge in [-0.15, -0.1) is 0 Å². The largest absolute Gasteiger partial charge is 0.329 e. The molecule has 1 rings (SSSR count). The van der Waals surface area contributed by atoms with Gasteiger partial charge in [-0.1, -0.05) is 18.7 Å². The number of halogens is 2. The van der Waals surface area contributed by atoms with Gasteiger partial charge in [-0.25, -0.2) is 8.78 Å². The predicted octanol–water partition coefficient (Wildman–Crippen LogP) is 3.28. The van der Waals surface area contributed by atoms with Crippen LogP contribution in [0.4, 0.5) is 8.78 Å². The van der Waals surface area contributed by atoms with Crippen LogP contribution in [0.15, 0.2) is 36.0 Å². The number of Topliss-reactive ketones (excluding diaryl/α,β-unsaturated/α-hetero) is 1. The Bertz CT molecular complexity index is 501. The summed E-state index contributed by atoms with van der Waals surface area (Å²) in [5.74, 6) is -3.50. The SMILES string of the molecule is C=C/C=C(\C=C(/C)C(=O)N1CCC[C@@H]1C(C)=O)C(C)(F)F. The fourth-order valence-electron chi connectivity index (χ4n) is 2.40. The third-order valence-electron chi connectivity index (χ3n) is 3.50. The van der Waals surface area contributed by atoms with E-state index in [-0.39, 0.29) is 22.8 Å². The Morgan fingerprint density at radius 3 is 2.43 bits per heavy atom. The number of nitrogens with zero attached hydrogens (tertiary/aromatic N) is 1. The summed E-state index contributed by atoms with van der Waals surface area (Å²) in [5, 5.41) is 0. The fourth-order valence-corrected chi connectivity index (χ4v) is 2.40. The molecule has 0 aliphatic carbocycles. The zero-order valence-corrected chi connectivity index (χ0v) is 12.7. The molecule has 3 nitrogen and oxygen atoms in total. The number of carbonyl (C=O) groups excluding carboxylic acids is 2. The normalized spacial score (nSPS) is 20.6. The van der Waals surface area contributed by atoms with Crippen LogP contribution in [0, 0.1) is 0 Å². The van der Waals surface area contributed by atoms with E-state index in [1.807, 2.05) is 0 Å². The topological polar surface area (TPSA) is 37.4 Å². The van der Waals surface area contributed by atoms with Crippen molar-refractivity contribution < 1.29 is 18.4 Å². The van der Waals surface area contributed by atoms with Crippen molar-refractivity contribution in [2.75, 3.05) is 6.54 Å². The van der Waals surface area contributed by atoms with E-state index >= 15 is 0 Å².